The van der Waals surface area contributed by atoms with Crippen molar-refractivity contribution in [2.45, 2.75) is 78.2 Å². The molecule has 0 aromatic rings. The third-order valence-corrected chi connectivity index (χ3v) is 7.12. The van der Waals surface area contributed by atoms with E-state index in [9.17, 15) is 0 Å². The molecule has 3 aliphatic rings. The van der Waals surface area contributed by atoms with E-state index < -0.39 is 0 Å². The van der Waals surface area contributed by atoms with Crippen LogP contribution in [0.4, 0.5) is 0 Å². The lowest BCUT2D eigenvalue weighted by molar-refractivity contribution is 0.147. The first-order chi connectivity index (χ1) is 9.67. The van der Waals surface area contributed by atoms with Gasteiger partial charge in [0.25, 0.3) is 0 Å². The van der Waals surface area contributed by atoms with Crippen LogP contribution in [-0.4, -0.2) is 12.6 Å². The van der Waals surface area contributed by atoms with Gasteiger partial charge in [-0.15, -0.1) is 0 Å². The highest BCUT2D eigenvalue weighted by molar-refractivity contribution is 4.93. The van der Waals surface area contributed by atoms with E-state index in [0.717, 1.165) is 48.1 Å². The maximum absolute atomic E-state index is 3.87. The molecule has 7 unspecified atom stereocenters. The molecule has 2 bridgehead atoms. The van der Waals surface area contributed by atoms with E-state index in [2.05, 4.69) is 26.1 Å². The molecule has 3 fully saturated rings. The highest BCUT2D eigenvalue weighted by Gasteiger charge is 2.41. The molecule has 0 amide bonds. The van der Waals surface area contributed by atoms with E-state index in [1.165, 1.54) is 25.7 Å². The molecule has 1 N–H and O–H groups in total. The fourth-order valence-electron chi connectivity index (χ4n) is 5.65. The van der Waals surface area contributed by atoms with Crippen LogP contribution in [0.5, 0.6) is 0 Å². The summed E-state index contributed by atoms with van der Waals surface area (Å²) in [4.78, 5) is 0. The van der Waals surface area contributed by atoms with E-state index in [4.69, 9.17) is 0 Å². The lowest BCUT2D eigenvalue weighted by atomic mass is 9.71. The van der Waals surface area contributed by atoms with Gasteiger partial charge >= 0.3 is 0 Å². The lowest BCUT2D eigenvalue weighted by Gasteiger charge is -2.39. The van der Waals surface area contributed by atoms with Crippen molar-refractivity contribution in [3.8, 4) is 0 Å². The Morgan fingerprint density at radius 1 is 0.950 bits per heavy atom. The summed E-state index contributed by atoms with van der Waals surface area (Å²) in [6.07, 6.45) is 12.1. The minimum Gasteiger partial charge on any atom is -0.314 e. The van der Waals surface area contributed by atoms with Gasteiger partial charge in [-0.3, -0.25) is 0 Å². The van der Waals surface area contributed by atoms with E-state index >= 15 is 0 Å². The molecular weight excluding hydrogens is 242 g/mol. The van der Waals surface area contributed by atoms with Gasteiger partial charge in [-0.1, -0.05) is 33.6 Å². The van der Waals surface area contributed by atoms with Gasteiger partial charge in [0.05, 0.1) is 0 Å². The van der Waals surface area contributed by atoms with Crippen molar-refractivity contribution in [1.29, 1.82) is 0 Å². The average molecular weight is 277 g/mol. The Morgan fingerprint density at radius 3 is 2.40 bits per heavy atom. The number of nitrogens with one attached hydrogen (secondary N) is 1. The summed E-state index contributed by atoms with van der Waals surface area (Å²) in [7, 11) is 0. The smallest absolute Gasteiger partial charge is 0.00980 e. The van der Waals surface area contributed by atoms with Crippen molar-refractivity contribution in [2.75, 3.05) is 6.54 Å². The molecule has 3 saturated carbocycles. The number of hydrogen-bond donors (Lipinski definition) is 1. The van der Waals surface area contributed by atoms with Crippen LogP contribution < -0.4 is 5.32 Å². The molecule has 116 valence electrons. The van der Waals surface area contributed by atoms with Crippen LogP contribution in [0.3, 0.4) is 0 Å². The first kappa shape index (κ1) is 14.9. The van der Waals surface area contributed by atoms with Gasteiger partial charge in [0, 0.05) is 6.04 Å². The van der Waals surface area contributed by atoms with Crippen LogP contribution in [0.15, 0.2) is 0 Å². The topological polar surface area (TPSA) is 12.0 Å². The summed E-state index contributed by atoms with van der Waals surface area (Å²) in [5, 5.41) is 3.87. The van der Waals surface area contributed by atoms with Crippen LogP contribution in [0.25, 0.3) is 0 Å². The molecule has 0 saturated heterocycles. The zero-order valence-electron chi connectivity index (χ0n) is 13.9. The van der Waals surface area contributed by atoms with Gasteiger partial charge in [0.2, 0.25) is 0 Å². The van der Waals surface area contributed by atoms with Gasteiger partial charge in [0.1, 0.15) is 0 Å². The predicted octanol–water partition coefficient (Wildman–Crippen LogP) is 4.86. The highest BCUT2D eigenvalue weighted by atomic mass is 14.9. The normalized spacial score (nSPS) is 45.8. The number of fused-ring (bicyclic) bond motifs is 2. The van der Waals surface area contributed by atoms with Crippen molar-refractivity contribution in [1.82, 2.24) is 5.32 Å². The maximum Gasteiger partial charge on any atom is 0.00980 e. The molecule has 0 heterocycles. The van der Waals surface area contributed by atoms with E-state index in [1.54, 1.807) is 25.7 Å². The molecule has 0 radical (unpaired) electrons. The van der Waals surface area contributed by atoms with Crippen molar-refractivity contribution >= 4 is 0 Å². The Hall–Kier alpha value is -0.0400. The van der Waals surface area contributed by atoms with Crippen LogP contribution in [-0.2, 0) is 0 Å². The summed E-state index contributed by atoms with van der Waals surface area (Å²) >= 11 is 0. The van der Waals surface area contributed by atoms with Gasteiger partial charge in [-0.05, 0) is 80.6 Å². The Morgan fingerprint density at radius 2 is 1.80 bits per heavy atom. The van der Waals surface area contributed by atoms with Crippen LogP contribution in [0, 0.1) is 35.5 Å². The number of rotatable bonds is 5. The fraction of sp³-hybridized carbons (Fsp3) is 1.00. The third-order valence-electron chi connectivity index (χ3n) is 7.12. The third kappa shape index (κ3) is 3.08. The summed E-state index contributed by atoms with van der Waals surface area (Å²) in [6, 6.07) is 0.819. The molecule has 1 nitrogen and oxygen atoms in total. The summed E-state index contributed by atoms with van der Waals surface area (Å²) in [5.74, 6) is 6.12. The summed E-state index contributed by atoms with van der Waals surface area (Å²) in [6.45, 7) is 8.39. The first-order valence-electron chi connectivity index (χ1n) is 9.40. The molecule has 3 rings (SSSR count). The molecule has 0 aromatic heterocycles. The SMILES string of the molecule is CCNC(CC1CC2CCC1C2)C1CCC(C)C(C)C1. The minimum atomic E-state index is 0.819. The maximum atomic E-state index is 3.87. The molecule has 0 aromatic carbocycles. The Kier molecular flexibility index (Phi) is 4.75. The molecule has 0 aliphatic heterocycles. The molecular formula is C19H35N. The van der Waals surface area contributed by atoms with Gasteiger partial charge in [0.15, 0.2) is 0 Å². The quantitative estimate of drug-likeness (QED) is 0.756. The largest absolute Gasteiger partial charge is 0.314 e. The Balaban J connectivity index is 1.57. The molecule has 1 heteroatoms. The Bertz CT molecular complexity index is 313. The monoisotopic (exact) mass is 277 g/mol. The van der Waals surface area contributed by atoms with E-state index in [1.807, 2.05) is 0 Å². The lowest BCUT2D eigenvalue weighted by Crippen LogP contribution is -2.41. The van der Waals surface area contributed by atoms with Gasteiger partial charge < -0.3 is 5.32 Å². The van der Waals surface area contributed by atoms with Crippen molar-refractivity contribution in [2.24, 2.45) is 35.5 Å². The standard InChI is InChI=1S/C19H35N/c1-4-20-19(17-7-5-13(2)14(3)9-17)12-18-11-15-6-8-16(18)10-15/h13-20H,4-12H2,1-3H3. The van der Waals surface area contributed by atoms with E-state index in [0.29, 0.717) is 0 Å². The minimum absolute atomic E-state index is 0.819. The van der Waals surface area contributed by atoms with Gasteiger partial charge in [-0.2, -0.15) is 0 Å². The first-order valence-corrected chi connectivity index (χ1v) is 9.40. The average Bonchev–Trinajstić information content (AvgIpc) is 3.04. The molecule has 0 spiro atoms. The van der Waals surface area contributed by atoms with E-state index in [-0.39, 0.29) is 0 Å². The van der Waals surface area contributed by atoms with Crippen LogP contribution >= 0.6 is 0 Å². The second-order valence-corrected chi connectivity index (χ2v) is 8.36. The van der Waals surface area contributed by atoms with Crippen LogP contribution in [0.2, 0.25) is 0 Å². The second-order valence-electron chi connectivity index (χ2n) is 8.36. The summed E-state index contributed by atoms with van der Waals surface area (Å²) in [5.41, 5.74) is 0. The number of hydrogen-bond acceptors (Lipinski definition) is 1. The van der Waals surface area contributed by atoms with Crippen LogP contribution in [0.1, 0.15) is 72.1 Å². The van der Waals surface area contributed by atoms with Crippen molar-refractivity contribution in [3.63, 3.8) is 0 Å². The predicted molar refractivity (Wildman–Crippen MR) is 86.7 cm³/mol. The Labute approximate surface area is 126 Å². The zero-order chi connectivity index (χ0) is 14.1. The fourth-order valence-corrected chi connectivity index (χ4v) is 5.65. The van der Waals surface area contributed by atoms with Crippen molar-refractivity contribution < 1.29 is 0 Å². The van der Waals surface area contributed by atoms with Gasteiger partial charge in [-0.25, -0.2) is 0 Å². The molecule has 7 atom stereocenters. The second kappa shape index (κ2) is 6.38. The van der Waals surface area contributed by atoms with Crippen molar-refractivity contribution in [3.05, 3.63) is 0 Å². The molecule has 20 heavy (non-hydrogen) atoms. The summed E-state index contributed by atoms with van der Waals surface area (Å²) < 4.78 is 0. The highest BCUT2D eigenvalue weighted by Crippen LogP contribution is 2.50. The molecule has 3 aliphatic carbocycles. The zero-order valence-corrected chi connectivity index (χ0v) is 13.9.